The molecule has 3 heteroatoms. The van der Waals surface area contributed by atoms with Gasteiger partial charge in [0.15, 0.2) is 0 Å². The Morgan fingerprint density at radius 1 is 1.00 bits per heavy atom. The molecule has 2 aliphatic heterocycles. The second-order valence-corrected chi connectivity index (χ2v) is 8.44. The summed E-state index contributed by atoms with van der Waals surface area (Å²) >= 11 is 0. The average Bonchev–Trinajstić information content (AvgIpc) is 3.15. The first kappa shape index (κ1) is 17.0. The highest BCUT2D eigenvalue weighted by Crippen LogP contribution is 2.35. The molecule has 0 spiro atoms. The van der Waals surface area contributed by atoms with Crippen molar-refractivity contribution in [3.63, 3.8) is 0 Å². The van der Waals surface area contributed by atoms with E-state index < -0.39 is 0 Å². The maximum Gasteiger partial charge on any atom is 0.0456 e. The number of piperidine rings is 1. The molecule has 1 unspecified atom stereocenters. The van der Waals surface area contributed by atoms with Crippen LogP contribution in [0.4, 0.5) is 0 Å². The van der Waals surface area contributed by atoms with Crippen LogP contribution in [0.2, 0.25) is 0 Å². The highest BCUT2D eigenvalue weighted by Gasteiger charge is 2.25. The van der Waals surface area contributed by atoms with E-state index in [1.165, 1.54) is 65.5 Å². The first-order chi connectivity index (χ1) is 13.3. The molecule has 140 valence electrons. The fourth-order valence-corrected chi connectivity index (χ4v) is 4.94. The third kappa shape index (κ3) is 3.42. The Bertz CT molecular complexity index is 936. The van der Waals surface area contributed by atoms with Crippen molar-refractivity contribution in [3.8, 4) is 0 Å². The molecule has 5 rings (SSSR count). The van der Waals surface area contributed by atoms with Gasteiger partial charge in [-0.15, -0.1) is 0 Å². The maximum atomic E-state index is 3.37. The first-order valence-corrected chi connectivity index (χ1v) is 10.4. The summed E-state index contributed by atoms with van der Waals surface area (Å²) in [5, 5.41) is 1.29. The summed E-state index contributed by atoms with van der Waals surface area (Å²) in [6.45, 7) is 5.77. The summed E-state index contributed by atoms with van der Waals surface area (Å²) in [6, 6.07) is 16.3. The minimum absolute atomic E-state index is 0.454. The topological polar surface area (TPSA) is 22.3 Å². The molecule has 0 aliphatic carbocycles. The Kier molecular flexibility index (Phi) is 4.50. The van der Waals surface area contributed by atoms with Crippen molar-refractivity contribution in [3.05, 3.63) is 70.9 Å². The van der Waals surface area contributed by atoms with E-state index in [0.29, 0.717) is 5.92 Å². The number of likely N-dealkylation sites (N-methyl/N-ethyl adjacent to an activating group) is 1. The number of fused-ring (bicyclic) bond motifs is 2. The summed E-state index contributed by atoms with van der Waals surface area (Å²) in [6.07, 6.45) is 6.15. The van der Waals surface area contributed by atoms with Gasteiger partial charge in [0.1, 0.15) is 0 Å². The zero-order chi connectivity index (χ0) is 18.2. The lowest BCUT2D eigenvalue weighted by molar-refractivity contribution is 0.220. The zero-order valence-corrected chi connectivity index (χ0v) is 16.2. The summed E-state index contributed by atoms with van der Waals surface area (Å²) in [7, 11) is 2.25. The molecule has 1 atom stereocenters. The fraction of sp³-hybridized carbons (Fsp3) is 0.417. The van der Waals surface area contributed by atoms with Gasteiger partial charge in [0.2, 0.25) is 0 Å². The standard InChI is InChI=1S/C24H29N3/c1-26-16-21-13-18(15-27-11-3-2-4-12-27)5-8-22(21)23(17-26)20-7-6-19-9-10-25-24(19)14-20/h5-10,13-14,23,25H,2-4,11-12,15-17H2,1H3. The fourth-order valence-electron chi connectivity index (χ4n) is 4.94. The largest absolute Gasteiger partial charge is 0.361 e. The summed E-state index contributed by atoms with van der Waals surface area (Å²) in [5.41, 5.74) is 7.16. The van der Waals surface area contributed by atoms with Crippen LogP contribution in [-0.4, -0.2) is 41.5 Å². The van der Waals surface area contributed by atoms with Gasteiger partial charge in [0.05, 0.1) is 0 Å². The molecule has 0 amide bonds. The molecule has 1 aromatic heterocycles. The van der Waals surface area contributed by atoms with Gasteiger partial charge in [-0.3, -0.25) is 4.90 Å². The van der Waals surface area contributed by atoms with E-state index in [4.69, 9.17) is 0 Å². The van der Waals surface area contributed by atoms with Gasteiger partial charge in [0.25, 0.3) is 0 Å². The van der Waals surface area contributed by atoms with Crippen molar-refractivity contribution in [2.75, 3.05) is 26.7 Å². The van der Waals surface area contributed by atoms with E-state index in [2.05, 4.69) is 64.3 Å². The minimum Gasteiger partial charge on any atom is -0.361 e. The third-order valence-electron chi connectivity index (χ3n) is 6.35. The van der Waals surface area contributed by atoms with Gasteiger partial charge in [-0.2, -0.15) is 0 Å². The molecule has 0 saturated carbocycles. The van der Waals surface area contributed by atoms with Crippen LogP contribution in [0.3, 0.4) is 0 Å². The number of aromatic amines is 1. The molecule has 3 heterocycles. The molecule has 0 radical (unpaired) electrons. The van der Waals surface area contributed by atoms with Gasteiger partial charge < -0.3 is 9.88 Å². The molecule has 1 N–H and O–H groups in total. The number of benzene rings is 2. The van der Waals surface area contributed by atoms with Crippen LogP contribution in [0, 0.1) is 0 Å². The van der Waals surface area contributed by atoms with Gasteiger partial charge >= 0.3 is 0 Å². The Morgan fingerprint density at radius 3 is 2.78 bits per heavy atom. The Hall–Kier alpha value is -2.10. The molecular weight excluding hydrogens is 330 g/mol. The van der Waals surface area contributed by atoms with E-state index in [9.17, 15) is 0 Å². The van der Waals surface area contributed by atoms with Crippen LogP contribution in [0.25, 0.3) is 10.9 Å². The van der Waals surface area contributed by atoms with Crippen molar-refractivity contribution in [2.24, 2.45) is 0 Å². The lowest BCUT2D eigenvalue weighted by Gasteiger charge is -2.33. The number of nitrogens with zero attached hydrogens (tertiary/aromatic N) is 2. The van der Waals surface area contributed by atoms with Crippen LogP contribution < -0.4 is 0 Å². The first-order valence-electron chi connectivity index (χ1n) is 10.4. The number of rotatable bonds is 3. The lowest BCUT2D eigenvalue weighted by Crippen LogP contribution is -2.32. The Balaban J connectivity index is 1.45. The van der Waals surface area contributed by atoms with Crippen LogP contribution in [0.1, 0.15) is 47.4 Å². The monoisotopic (exact) mass is 359 g/mol. The highest BCUT2D eigenvalue weighted by atomic mass is 15.1. The zero-order valence-electron chi connectivity index (χ0n) is 16.2. The van der Waals surface area contributed by atoms with Gasteiger partial charge in [-0.1, -0.05) is 36.8 Å². The SMILES string of the molecule is CN1Cc2cc(CN3CCCCC3)ccc2C(c2ccc3cc[nH]c3c2)C1. The molecule has 3 aromatic rings. The van der Waals surface area contributed by atoms with Crippen molar-refractivity contribution < 1.29 is 0 Å². The predicted molar refractivity (Wildman–Crippen MR) is 112 cm³/mol. The number of hydrogen-bond acceptors (Lipinski definition) is 2. The molecule has 3 nitrogen and oxygen atoms in total. The average molecular weight is 360 g/mol. The third-order valence-corrected chi connectivity index (χ3v) is 6.35. The molecule has 0 bridgehead atoms. The van der Waals surface area contributed by atoms with Crippen LogP contribution in [0.5, 0.6) is 0 Å². The molecule has 1 saturated heterocycles. The number of likely N-dealkylation sites (tertiary alicyclic amines) is 1. The smallest absolute Gasteiger partial charge is 0.0456 e. The molecule has 1 fully saturated rings. The van der Waals surface area contributed by atoms with Crippen molar-refractivity contribution in [1.82, 2.24) is 14.8 Å². The molecule has 2 aliphatic rings. The quantitative estimate of drug-likeness (QED) is 0.730. The number of nitrogens with one attached hydrogen (secondary N) is 1. The van der Waals surface area contributed by atoms with Crippen LogP contribution >= 0.6 is 0 Å². The molecule has 2 aromatic carbocycles. The Morgan fingerprint density at radius 2 is 1.89 bits per heavy atom. The summed E-state index contributed by atoms with van der Waals surface area (Å²) < 4.78 is 0. The van der Waals surface area contributed by atoms with Crippen LogP contribution in [-0.2, 0) is 13.1 Å². The van der Waals surface area contributed by atoms with Crippen molar-refractivity contribution in [1.29, 1.82) is 0 Å². The molecule has 27 heavy (non-hydrogen) atoms. The van der Waals surface area contributed by atoms with Gasteiger partial charge in [0, 0.05) is 37.3 Å². The second-order valence-electron chi connectivity index (χ2n) is 8.44. The van der Waals surface area contributed by atoms with Gasteiger partial charge in [-0.05, 0) is 72.8 Å². The number of H-pyrrole nitrogens is 1. The maximum absolute atomic E-state index is 3.37. The number of aromatic nitrogens is 1. The lowest BCUT2D eigenvalue weighted by atomic mass is 9.84. The summed E-state index contributed by atoms with van der Waals surface area (Å²) in [4.78, 5) is 8.46. The highest BCUT2D eigenvalue weighted by molar-refractivity contribution is 5.80. The predicted octanol–water partition coefficient (Wildman–Crippen LogP) is 4.73. The van der Waals surface area contributed by atoms with E-state index in [0.717, 1.165) is 19.6 Å². The van der Waals surface area contributed by atoms with Crippen molar-refractivity contribution in [2.45, 2.75) is 38.3 Å². The van der Waals surface area contributed by atoms with Crippen LogP contribution in [0.15, 0.2) is 48.7 Å². The van der Waals surface area contributed by atoms with E-state index in [1.807, 2.05) is 6.20 Å². The normalized spacial score (nSPS) is 21.4. The second kappa shape index (κ2) is 7.14. The Labute approximate surface area is 162 Å². The van der Waals surface area contributed by atoms with E-state index in [-0.39, 0.29) is 0 Å². The van der Waals surface area contributed by atoms with E-state index >= 15 is 0 Å². The van der Waals surface area contributed by atoms with Crippen molar-refractivity contribution >= 4 is 10.9 Å². The molecular formula is C24H29N3. The van der Waals surface area contributed by atoms with E-state index in [1.54, 1.807) is 0 Å². The minimum atomic E-state index is 0.454. The number of hydrogen-bond donors (Lipinski definition) is 1. The van der Waals surface area contributed by atoms with Gasteiger partial charge in [-0.25, -0.2) is 0 Å². The summed E-state index contributed by atoms with van der Waals surface area (Å²) in [5.74, 6) is 0.454.